The summed E-state index contributed by atoms with van der Waals surface area (Å²) in [4.78, 5) is 18.1. The van der Waals surface area contributed by atoms with Crippen molar-refractivity contribution in [2.75, 3.05) is 32.8 Å². The van der Waals surface area contributed by atoms with Crippen LogP contribution in [0.1, 0.15) is 72.2 Å². The molecule has 1 aliphatic carbocycles. The zero-order valence-electron chi connectivity index (χ0n) is 21.7. The molecule has 1 aromatic heterocycles. The molecule has 0 unspecified atom stereocenters. The molecular weight excluding hydrogens is 450 g/mol. The second-order valence-electron chi connectivity index (χ2n) is 10.3. The minimum atomic E-state index is -0.283. The third-order valence-electron chi connectivity index (χ3n) is 8.01. The Labute approximate surface area is 214 Å². The third-order valence-corrected chi connectivity index (χ3v) is 8.01. The van der Waals surface area contributed by atoms with Crippen molar-refractivity contribution in [2.45, 2.75) is 65.1 Å². The van der Waals surface area contributed by atoms with E-state index in [4.69, 9.17) is 4.74 Å². The molecule has 2 aromatic carbocycles. The maximum absolute atomic E-state index is 13.2. The summed E-state index contributed by atoms with van der Waals surface area (Å²) >= 11 is 0. The van der Waals surface area contributed by atoms with Gasteiger partial charge >= 0.3 is 5.97 Å². The van der Waals surface area contributed by atoms with Crippen LogP contribution in [0.25, 0.3) is 10.9 Å². The molecule has 0 bridgehead atoms. The van der Waals surface area contributed by atoms with Crippen molar-refractivity contribution in [3.63, 3.8) is 0 Å². The number of fused-ring (bicyclic) bond motifs is 1. The smallest absolute Gasteiger partial charge is 0.340 e. The normalized spacial score (nSPS) is 18.1. The number of aromatic nitrogens is 1. The number of ether oxygens (including phenoxy) is 1. The minimum Gasteiger partial charge on any atom is -0.508 e. The van der Waals surface area contributed by atoms with E-state index in [1.165, 1.54) is 24.8 Å². The molecule has 5 rings (SSSR count). The van der Waals surface area contributed by atoms with Crippen LogP contribution in [0.3, 0.4) is 0 Å². The number of rotatable bonds is 7. The molecule has 1 N–H and O–H groups in total. The van der Waals surface area contributed by atoms with Crippen molar-refractivity contribution < 1.29 is 14.6 Å². The van der Waals surface area contributed by atoms with Crippen molar-refractivity contribution in [1.82, 2.24) is 14.4 Å². The van der Waals surface area contributed by atoms with Gasteiger partial charge in [-0.05, 0) is 44.4 Å². The lowest BCUT2D eigenvalue weighted by atomic mass is 9.95. The molecule has 192 valence electrons. The van der Waals surface area contributed by atoms with Crippen LogP contribution >= 0.6 is 0 Å². The summed E-state index contributed by atoms with van der Waals surface area (Å²) in [6.45, 7) is 9.65. The van der Waals surface area contributed by atoms with E-state index < -0.39 is 0 Å². The van der Waals surface area contributed by atoms with Gasteiger partial charge in [-0.2, -0.15) is 0 Å². The maximum Gasteiger partial charge on any atom is 0.340 e. The van der Waals surface area contributed by atoms with Crippen LogP contribution in [0.2, 0.25) is 0 Å². The number of phenols is 1. The number of hydrogen-bond donors (Lipinski definition) is 1. The van der Waals surface area contributed by atoms with Crippen molar-refractivity contribution in [1.29, 1.82) is 0 Å². The van der Waals surface area contributed by atoms with Gasteiger partial charge < -0.3 is 14.4 Å². The number of carbonyl (C=O) groups is 1. The zero-order chi connectivity index (χ0) is 25.1. The van der Waals surface area contributed by atoms with E-state index in [1.54, 1.807) is 0 Å². The van der Waals surface area contributed by atoms with Gasteiger partial charge in [0.15, 0.2) is 0 Å². The number of aromatic hydroxyl groups is 1. The predicted molar refractivity (Wildman–Crippen MR) is 143 cm³/mol. The molecule has 1 saturated carbocycles. The second kappa shape index (κ2) is 11.1. The van der Waals surface area contributed by atoms with Gasteiger partial charge in [-0.3, -0.25) is 9.80 Å². The topological polar surface area (TPSA) is 57.9 Å². The van der Waals surface area contributed by atoms with Crippen LogP contribution in [-0.2, 0) is 17.8 Å². The SMILES string of the molecule is CCOC(=O)c1c(C)n(C2CCCCC2)c2ccc(O)c(CN3CCN(Cc4ccccc4)CC3)c12. The molecule has 2 fully saturated rings. The van der Waals surface area contributed by atoms with Gasteiger partial charge in [0.1, 0.15) is 5.75 Å². The van der Waals surface area contributed by atoms with E-state index in [1.807, 2.05) is 26.0 Å². The van der Waals surface area contributed by atoms with Crippen LogP contribution in [0.5, 0.6) is 5.75 Å². The largest absolute Gasteiger partial charge is 0.508 e. The summed E-state index contributed by atoms with van der Waals surface area (Å²) in [6, 6.07) is 14.8. The average Bonchev–Trinajstić information content (AvgIpc) is 3.20. The molecule has 0 spiro atoms. The fourth-order valence-corrected chi connectivity index (χ4v) is 6.18. The molecule has 0 amide bonds. The van der Waals surface area contributed by atoms with Crippen molar-refractivity contribution in [3.05, 3.63) is 64.8 Å². The number of nitrogens with zero attached hydrogens (tertiary/aromatic N) is 3. The lowest BCUT2D eigenvalue weighted by Crippen LogP contribution is -2.45. The average molecular weight is 490 g/mol. The summed E-state index contributed by atoms with van der Waals surface area (Å²) in [5.41, 5.74) is 4.84. The Bertz CT molecular complexity index is 1190. The van der Waals surface area contributed by atoms with E-state index in [2.05, 4.69) is 44.7 Å². The Hall–Kier alpha value is -2.83. The van der Waals surface area contributed by atoms with E-state index in [0.29, 0.717) is 24.8 Å². The Kier molecular flexibility index (Phi) is 7.63. The first kappa shape index (κ1) is 24.8. The van der Waals surface area contributed by atoms with Gasteiger partial charge in [-0.25, -0.2) is 4.79 Å². The summed E-state index contributed by atoms with van der Waals surface area (Å²) in [5, 5.41) is 11.9. The minimum absolute atomic E-state index is 0.264. The van der Waals surface area contributed by atoms with Gasteiger partial charge in [0.05, 0.1) is 12.2 Å². The Balaban J connectivity index is 1.44. The quantitative estimate of drug-likeness (QED) is 0.434. The number of piperazine rings is 1. The highest BCUT2D eigenvalue weighted by Crippen LogP contribution is 2.40. The highest BCUT2D eigenvalue weighted by atomic mass is 16.5. The van der Waals surface area contributed by atoms with Crippen LogP contribution in [0.4, 0.5) is 0 Å². The number of hydrogen-bond acceptors (Lipinski definition) is 5. The molecular formula is C30H39N3O3. The highest BCUT2D eigenvalue weighted by molar-refractivity contribution is 6.08. The van der Waals surface area contributed by atoms with Crippen molar-refractivity contribution >= 4 is 16.9 Å². The second-order valence-corrected chi connectivity index (χ2v) is 10.3. The number of carbonyl (C=O) groups excluding carboxylic acids is 1. The highest BCUT2D eigenvalue weighted by Gasteiger charge is 2.29. The van der Waals surface area contributed by atoms with Crippen LogP contribution < -0.4 is 0 Å². The fraction of sp³-hybridized carbons (Fsp3) is 0.500. The summed E-state index contributed by atoms with van der Waals surface area (Å²) < 4.78 is 7.88. The zero-order valence-corrected chi connectivity index (χ0v) is 21.7. The lowest BCUT2D eigenvalue weighted by Gasteiger charge is -2.35. The van der Waals surface area contributed by atoms with Gasteiger partial charge in [-0.1, -0.05) is 49.6 Å². The van der Waals surface area contributed by atoms with Gasteiger partial charge in [0.25, 0.3) is 0 Å². The first-order valence-electron chi connectivity index (χ1n) is 13.6. The summed E-state index contributed by atoms with van der Waals surface area (Å²) in [5.74, 6) is -0.0188. The van der Waals surface area contributed by atoms with E-state index in [-0.39, 0.29) is 11.7 Å². The molecule has 2 heterocycles. The molecule has 6 heteroatoms. The van der Waals surface area contributed by atoms with E-state index >= 15 is 0 Å². The molecule has 6 nitrogen and oxygen atoms in total. The van der Waals surface area contributed by atoms with Gasteiger partial charge in [-0.15, -0.1) is 0 Å². The van der Waals surface area contributed by atoms with Crippen LogP contribution in [-0.4, -0.2) is 58.2 Å². The Morgan fingerprint density at radius 2 is 1.61 bits per heavy atom. The van der Waals surface area contributed by atoms with Gasteiger partial charge in [0.2, 0.25) is 0 Å². The Morgan fingerprint density at radius 1 is 0.944 bits per heavy atom. The molecule has 1 aliphatic heterocycles. The van der Waals surface area contributed by atoms with E-state index in [9.17, 15) is 9.90 Å². The molecule has 1 saturated heterocycles. The third kappa shape index (κ3) is 5.02. The lowest BCUT2D eigenvalue weighted by molar-refractivity contribution is 0.0527. The van der Waals surface area contributed by atoms with Crippen molar-refractivity contribution in [3.8, 4) is 5.75 Å². The molecule has 0 radical (unpaired) electrons. The fourth-order valence-electron chi connectivity index (χ4n) is 6.18. The summed E-state index contributed by atoms with van der Waals surface area (Å²) in [6.07, 6.45) is 5.98. The molecule has 0 atom stereocenters. The van der Waals surface area contributed by atoms with Crippen LogP contribution in [0.15, 0.2) is 42.5 Å². The number of esters is 1. The summed E-state index contributed by atoms with van der Waals surface area (Å²) in [7, 11) is 0. The first-order chi connectivity index (χ1) is 17.6. The Morgan fingerprint density at radius 3 is 2.28 bits per heavy atom. The molecule has 2 aliphatic rings. The molecule has 3 aromatic rings. The van der Waals surface area contributed by atoms with Crippen molar-refractivity contribution in [2.24, 2.45) is 0 Å². The standard InChI is InChI=1S/C30H39N3O3/c1-3-36-30(35)28-22(2)33(24-12-8-5-9-13-24)26-14-15-27(34)25(29(26)28)21-32-18-16-31(17-19-32)20-23-10-6-4-7-11-23/h4,6-7,10-11,14-15,24,34H,3,5,8-9,12-13,16-21H2,1-2H3. The monoisotopic (exact) mass is 489 g/mol. The van der Waals surface area contributed by atoms with Crippen LogP contribution in [0, 0.1) is 6.92 Å². The predicted octanol–water partition coefficient (Wildman–Crippen LogP) is 5.66. The first-order valence-corrected chi connectivity index (χ1v) is 13.6. The molecule has 36 heavy (non-hydrogen) atoms. The van der Waals surface area contributed by atoms with Gasteiger partial charge in [0, 0.05) is 67.5 Å². The number of phenolic OH excluding ortho intramolecular Hbond substituents is 1. The maximum atomic E-state index is 13.2. The van der Waals surface area contributed by atoms with E-state index in [0.717, 1.165) is 67.7 Å². The number of benzene rings is 2.